The van der Waals surface area contributed by atoms with Gasteiger partial charge in [0, 0.05) is 25.2 Å². The molecule has 2 rings (SSSR count). The van der Waals surface area contributed by atoms with E-state index < -0.39 is 0 Å². The maximum absolute atomic E-state index is 6.36. The molecule has 0 spiro atoms. The monoisotopic (exact) mass is 315 g/mol. The molecule has 1 aliphatic heterocycles. The van der Waals surface area contributed by atoms with E-state index >= 15 is 0 Å². The van der Waals surface area contributed by atoms with Crippen molar-refractivity contribution in [2.75, 3.05) is 33.7 Å². The predicted octanol–water partition coefficient (Wildman–Crippen LogP) is 3.02. The van der Waals surface area contributed by atoms with Crippen LogP contribution in [0.15, 0.2) is 18.2 Å². The molecule has 2 atom stereocenters. The number of halogens is 2. The van der Waals surface area contributed by atoms with Gasteiger partial charge in [-0.15, -0.1) is 0 Å². The first-order valence-electron chi connectivity index (χ1n) is 7.09. The number of nitrogens with two attached hydrogens (primary N) is 1. The Labute approximate surface area is 131 Å². The normalized spacial score (nSPS) is 22.2. The summed E-state index contributed by atoms with van der Waals surface area (Å²) in [5, 5.41) is 1.24. The summed E-state index contributed by atoms with van der Waals surface area (Å²) in [5.74, 6) is 0. The lowest BCUT2D eigenvalue weighted by Crippen LogP contribution is -2.47. The number of likely N-dealkylation sites (N-methyl/N-ethyl adjacent to an activating group) is 1. The average molecular weight is 316 g/mol. The van der Waals surface area contributed by atoms with Crippen LogP contribution in [0.3, 0.4) is 0 Å². The molecule has 0 bridgehead atoms. The van der Waals surface area contributed by atoms with Gasteiger partial charge in [-0.3, -0.25) is 4.90 Å². The molecule has 0 saturated carbocycles. The van der Waals surface area contributed by atoms with Crippen LogP contribution in [-0.4, -0.2) is 49.6 Å². The number of nitrogens with zero attached hydrogens (tertiary/aromatic N) is 2. The minimum Gasteiger partial charge on any atom is -0.329 e. The highest BCUT2D eigenvalue weighted by Crippen LogP contribution is 2.33. The van der Waals surface area contributed by atoms with Crippen molar-refractivity contribution in [2.24, 2.45) is 5.73 Å². The Morgan fingerprint density at radius 1 is 1.40 bits per heavy atom. The number of benzene rings is 1. The summed E-state index contributed by atoms with van der Waals surface area (Å²) < 4.78 is 0. The fourth-order valence-corrected chi connectivity index (χ4v) is 3.37. The van der Waals surface area contributed by atoms with Crippen molar-refractivity contribution in [2.45, 2.75) is 24.9 Å². The zero-order chi connectivity index (χ0) is 14.7. The van der Waals surface area contributed by atoms with Gasteiger partial charge in [-0.2, -0.15) is 0 Å². The molecular weight excluding hydrogens is 293 g/mol. The first kappa shape index (κ1) is 16.1. The van der Waals surface area contributed by atoms with E-state index in [2.05, 4.69) is 23.9 Å². The topological polar surface area (TPSA) is 32.5 Å². The van der Waals surface area contributed by atoms with E-state index in [1.165, 1.54) is 12.8 Å². The van der Waals surface area contributed by atoms with Gasteiger partial charge in [-0.1, -0.05) is 35.3 Å². The standard InChI is InChI=1S/C15H23Cl2N3/c1-19(2)11-5-4-8-20(10-11)14(9-18)12-6-3-7-13(16)15(12)17/h3,6-7,11,14H,4-5,8-10,18H2,1-2H3. The van der Waals surface area contributed by atoms with Gasteiger partial charge >= 0.3 is 0 Å². The van der Waals surface area contributed by atoms with E-state index in [-0.39, 0.29) is 6.04 Å². The molecule has 112 valence electrons. The second kappa shape index (κ2) is 7.10. The molecular formula is C15H23Cl2N3. The van der Waals surface area contributed by atoms with E-state index in [4.69, 9.17) is 28.9 Å². The summed E-state index contributed by atoms with van der Waals surface area (Å²) in [6, 6.07) is 6.52. The second-order valence-electron chi connectivity index (χ2n) is 5.65. The van der Waals surface area contributed by atoms with Crippen LogP contribution < -0.4 is 5.73 Å². The van der Waals surface area contributed by atoms with E-state index in [1.807, 2.05) is 18.2 Å². The lowest BCUT2D eigenvalue weighted by Gasteiger charge is -2.40. The quantitative estimate of drug-likeness (QED) is 0.927. The maximum Gasteiger partial charge on any atom is 0.0640 e. The number of hydrogen-bond acceptors (Lipinski definition) is 3. The fourth-order valence-electron chi connectivity index (χ4n) is 2.94. The molecule has 1 aliphatic rings. The van der Waals surface area contributed by atoms with Crippen molar-refractivity contribution in [3.05, 3.63) is 33.8 Å². The minimum atomic E-state index is 0.143. The summed E-state index contributed by atoms with van der Waals surface area (Å²) in [5.41, 5.74) is 7.06. The molecule has 0 amide bonds. The zero-order valence-corrected chi connectivity index (χ0v) is 13.7. The van der Waals surface area contributed by atoms with E-state index in [1.54, 1.807) is 0 Å². The first-order chi connectivity index (χ1) is 9.54. The Balaban J connectivity index is 2.21. The molecule has 1 aromatic carbocycles. The average Bonchev–Trinajstić information content (AvgIpc) is 2.44. The van der Waals surface area contributed by atoms with E-state index in [9.17, 15) is 0 Å². The molecule has 1 fully saturated rings. The third kappa shape index (κ3) is 3.46. The highest BCUT2D eigenvalue weighted by Gasteiger charge is 2.28. The van der Waals surface area contributed by atoms with Crippen LogP contribution >= 0.6 is 23.2 Å². The molecule has 1 saturated heterocycles. The van der Waals surface area contributed by atoms with E-state index in [0.717, 1.165) is 18.7 Å². The van der Waals surface area contributed by atoms with Gasteiger partial charge in [0.15, 0.2) is 0 Å². The molecule has 0 radical (unpaired) electrons. The van der Waals surface area contributed by atoms with Crippen LogP contribution in [0.1, 0.15) is 24.4 Å². The summed E-state index contributed by atoms with van der Waals surface area (Å²) in [6.07, 6.45) is 2.43. The van der Waals surface area contributed by atoms with Gasteiger partial charge in [0.25, 0.3) is 0 Å². The molecule has 2 unspecified atom stereocenters. The molecule has 1 aromatic rings. The Hall–Kier alpha value is -0.320. The van der Waals surface area contributed by atoms with Crippen molar-refractivity contribution in [1.82, 2.24) is 9.80 Å². The van der Waals surface area contributed by atoms with Crippen LogP contribution in [0.4, 0.5) is 0 Å². The highest BCUT2D eigenvalue weighted by molar-refractivity contribution is 6.42. The second-order valence-corrected chi connectivity index (χ2v) is 6.43. The predicted molar refractivity (Wildman–Crippen MR) is 86.5 cm³/mol. The van der Waals surface area contributed by atoms with Crippen LogP contribution in [0.2, 0.25) is 10.0 Å². The van der Waals surface area contributed by atoms with Crippen molar-refractivity contribution in [3.63, 3.8) is 0 Å². The van der Waals surface area contributed by atoms with Crippen LogP contribution in [0, 0.1) is 0 Å². The van der Waals surface area contributed by atoms with Gasteiger partial charge in [-0.05, 0) is 45.1 Å². The van der Waals surface area contributed by atoms with Crippen LogP contribution in [0.25, 0.3) is 0 Å². The number of likely N-dealkylation sites (tertiary alicyclic amines) is 1. The molecule has 0 aliphatic carbocycles. The number of piperidine rings is 1. The summed E-state index contributed by atoms with van der Waals surface area (Å²) in [4.78, 5) is 4.73. The van der Waals surface area contributed by atoms with Gasteiger partial charge < -0.3 is 10.6 Å². The SMILES string of the molecule is CN(C)C1CCCN(C(CN)c2cccc(Cl)c2Cl)C1. The molecule has 1 heterocycles. The van der Waals surface area contributed by atoms with Gasteiger partial charge in [0.2, 0.25) is 0 Å². The largest absolute Gasteiger partial charge is 0.329 e. The summed E-state index contributed by atoms with van der Waals surface area (Å²) in [6.45, 7) is 2.65. The van der Waals surface area contributed by atoms with Gasteiger partial charge in [-0.25, -0.2) is 0 Å². The third-order valence-corrected chi connectivity index (χ3v) is 5.00. The van der Waals surface area contributed by atoms with Crippen molar-refractivity contribution >= 4 is 23.2 Å². The fraction of sp³-hybridized carbons (Fsp3) is 0.600. The lowest BCUT2D eigenvalue weighted by atomic mass is 9.99. The number of hydrogen-bond donors (Lipinski definition) is 1. The highest BCUT2D eigenvalue weighted by atomic mass is 35.5. The Kier molecular flexibility index (Phi) is 5.70. The number of rotatable bonds is 4. The third-order valence-electron chi connectivity index (χ3n) is 4.16. The van der Waals surface area contributed by atoms with Crippen molar-refractivity contribution in [1.29, 1.82) is 0 Å². The first-order valence-corrected chi connectivity index (χ1v) is 7.84. The van der Waals surface area contributed by atoms with Crippen LogP contribution in [0.5, 0.6) is 0 Å². The van der Waals surface area contributed by atoms with Crippen LogP contribution in [-0.2, 0) is 0 Å². The smallest absolute Gasteiger partial charge is 0.0640 e. The van der Waals surface area contributed by atoms with E-state index in [0.29, 0.717) is 22.6 Å². The summed E-state index contributed by atoms with van der Waals surface area (Å²) in [7, 11) is 4.27. The van der Waals surface area contributed by atoms with Crippen molar-refractivity contribution < 1.29 is 0 Å². The molecule has 2 N–H and O–H groups in total. The summed E-state index contributed by atoms with van der Waals surface area (Å²) >= 11 is 12.5. The molecule has 5 heteroatoms. The molecule has 3 nitrogen and oxygen atoms in total. The Morgan fingerprint density at radius 3 is 2.80 bits per heavy atom. The molecule has 20 heavy (non-hydrogen) atoms. The zero-order valence-electron chi connectivity index (χ0n) is 12.1. The Bertz CT molecular complexity index is 451. The molecule has 0 aromatic heterocycles. The minimum absolute atomic E-state index is 0.143. The van der Waals surface area contributed by atoms with Gasteiger partial charge in [0.05, 0.1) is 10.0 Å². The van der Waals surface area contributed by atoms with Crippen molar-refractivity contribution in [3.8, 4) is 0 Å². The Morgan fingerprint density at radius 2 is 2.15 bits per heavy atom. The lowest BCUT2D eigenvalue weighted by molar-refractivity contribution is 0.0984. The maximum atomic E-state index is 6.36. The van der Waals surface area contributed by atoms with Gasteiger partial charge in [0.1, 0.15) is 0 Å².